The molecule has 2 unspecified atom stereocenters. The van der Waals surface area contributed by atoms with Crippen LogP contribution < -0.4 is 9.80 Å². The number of fused-ring (bicyclic) bond motifs is 3. The van der Waals surface area contributed by atoms with E-state index in [4.69, 9.17) is 11.7 Å². The van der Waals surface area contributed by atoms with E-state index < -0.39 is 24.1 Å². The minimum absolute atomic E-state index is 0.0480. The SMILES string of the molecule is [C-]#[N+]c1c(N2CC(F)[C@@H]2C)nc(N2C[C@H]3C[C@@H](C2)C3CC(=O)O)c2c1C(F)(F)CC2. The minimum Gasteiger partial charge on any atom is -0.481 e. The first-order valence-electron chi connectivity index (χ1n) is 10.4. The van der Waals surface area contributed by atoms with Crippen LogP contribution >= 0.6 is 0 Å². The molecule has 1 N–H and O–H groups in total. The van der Waals surface area contributed by atoms with E-state index >= 15 is 0 Å². The molecule has 4 heterocycles. The van der Waals surface area contributed by atoms with Crippen molar-refractivity contribution in [1.29, 1.82) is 0 Å². The van der Waals surface area contributed by atoms with Crippen LogP contribution in [0.1, 0.15) is 37.3 Å². The Balaban J connectivity index is 1.55. The number of aromatic nitrogens is 1. The molecule has 4 fully saturated rings. The fraction of sp³-hybridized carbons (Fsp3) is 0.667. The maximum absolute atomic E-state index is 14.8. The van der Waals surface area contributed by atoms with Crippen molar-refractivity contribution in [2.24, 2.45) is 17.8 Å². The monoisotopic (exact) mass is 420 g/mol. The van der Waals surface area contributed by atoms with Crippen LogP contribution in [0.2, 0.25) is 0 Å². The lowest BCUT2D eigenvalue weighted by Gasteiger charge is -2.54. The zero-order chi connectivity index (χ0) is 21.4. The molecule has 5 atom stereocenters. The van der Waals surface area contributed by atoms with Crippen molar-refractivity contribution in [2.75, 3.05) is 29.4 Å². The minimum atomic E-state index is -3.10. The molecule has 6 nitrogen and oxygen atoms in total. The normalized spacial score (nSPS) is 33.4. The molecule has 9 heteroatoms. The van der Waals surface area contributed by atoms with E-state index in [0.29, 0.717) is 24.5 Å². The quantitative estimate of drug-likeness (QED) is 0.752. The van der Waals surface area contributed by atoms with Gasteiger partial charge in [0.2, 0.25) is 5.69 Å². The second-order valence-corrected chi connectivity index (χ2v) is 9.11. The van der Waals surface area contributed by atoms with Crippen LogP contribution in [0.15, 0.2) is 0 Å². The number of hydrogen-bond donors (Lipinski definition) is 1. The Hall–Kier alpha value is -2.50. The van der Waals surface area contributed by atoms with Gasteiger partial charge in [0.15, 0.2) is 0 Å². The number of carboxylic acids is 1. The number of carbonyl (C=O) groups is 1. The molecule has 160 valence electrons. The summed E-state index contributed by atoms with van der Waals surface area (Å²) >= 11 is 0. The van der Waals surface area contributed by atoms with Gasteiger partial charge < -0.3 is 14.9 Å². The summed E-state index contributed by atoms with van der Waals surface area (Å²) in [4.78, 5) is 22.8. The van der Waals surface area contributed by atoms with Crippen LogP contribution in [0.3, 0.4) is 0 Å². The third-order valence-electron chi connectivity index (χ3n) is 7.49. The molecule has 0 spiro atoms. The lowest BCUT2D eigenvalue weighted by Crippen LogP contribution is -2.57. The highest BCUT2D eigenvalue weighted by Crippen LogP contribution is 2.55. The predicted octanol–water partition coefficient (Wildman–Crippen LogP) is 3.76. The standard InChI is InChI=1S/C21H23F3N4O2/c1-10-15(22)9-28(10)20-18(25-2)17-13(3-4-21(17,23)24)19(26-20)27-7-11-5-12(8-27)14(11)6-16(29)30/h10-12,14-15H,3-9H2,1H3,(H,29,30)/t10-,11-,12+,14?,15?/m0/s1. The zero-order valence-electron chi connectivity index (χ0n) is 16.6. The van der Waals surface area contributed by atoms with E-state index in [2.05, 4.69) is 9.83 Å². The highest BCUT2D eigenvalue weighted by molar-refractivity contribution is 5.80. The summed E-state index contributed by atoms with van der Waals surface area (Å²) in [5.41, 5.74) is 0.0325. The molecule has 1 saturated carbocycles. The first-order chi connectivity index (χ1) is 14.2. The summed E-state index contributed by atoms with van der Waals surface area (Å²) < 4.78 is 43.4. The number of rotatable bonds is 4. The molecule has 0 radical (unpaired) electrons. The van der Waals surface area contributed by atoms with Crippen molar-refractivity contribution in [1.82, 2.24) is 4.98 Å². The number of halogens is 3. The molecular weight excluding hydrogens is 397 g/mol. The van der Waals surface area contributed by atoms with Gasteiger partial charge in [0, 0.05) is 31.5 Å². The van der Waals surface area contributed by atoms with E-state index in [1.54, 1.807) is 11.8 Å². The van der Waals surface area contributed by atoms with Crippen LogP contribution in [-0.4, -0.2) is 47.9 Å². The third kappa shape index (κ3) is 2.69. The van der Waals surface area contributed by atoms with E-state index in [1.165, 1.54) is 0 Å². The first-order valence-corrected chi connectivity index (χ1v) is 10.4. The lowest BCUT2D eigenvalue weighted by molar-refractivity contribution is -0.141. The number of nitrogens with zero attached hydrogens (tertiary/aromatic N) is 4. The molecular formula is C21H23F3N4O2. The van der Waals surface area contributed by atoms with Gasteiger partial charge >= 0.3 is 5.97 Å². The Morgan fingerprint density at radius 3 is 2.57 bits per heavy atom. The highest BCUT2D eigenvalue weighted by atomic mass is 19.3. The van der Waals surface area contributed by atoms with Gasteiger partial charge in [-0.25, -0.2) is 23.0 Å². The fourth-order valence-electron chi connectivity index (χ4n) is 5.73. The number of piperidine rings is 2. The summed E-state index contributed by atoms with van der Waals surface area (Å²) in [6, 6.07) is -0.506. The molecule has 1 aromatic heterocycles. The van der Waals surface area contributed by atoms with E-state index in [9.17, 15) is 18.0 Å². The Morgan fingerprint density at radius 2 is 2.00 bits per heavy atom. The summed E-state index contributed by atoms with van der Waals surface area (Å²) in [5.74, 6) is -2.74. The molecule has 6 rings (SSSR count). The molecule has 0 aromatic carbocycles. The summed E-state index contributed by atoms with van der Waals surface area (Å²) in [6.45, 7) is 10.4. The fourth-order valence-corrected chi connectivity index (χ4v) is 5.73. The van der Waals surface area contributed by atoms with Gasteiger partial charge in [-0.15, -0.1) is 0 Å². The van der Waals surface area contributed by atoms with Crippen LogP contribution in [0, 0.1) is 24.3 Å². The van der Waals surface area contributed by atoms with E-state index in [1.807, 2.05) is 4.90 Å². The molecule has 2 aliphatic carbocycles. The van der Waals surface area contributed by atoms with Crippen LogP contribution in [0.4, 0.5) is 30.5 Å². The Bertz CT molecular complexity index is 951. The second kappa shape index (κ2) is 6.50. The topological polar surface area (TPSA) is 61.0 Å². The van der Waals surface area contributed by atoms with Gasteiger partial charge in [0.25, 0.3) is 5.92 Å². The predicted molar refractivity (Wildman–Crippen MR) is 104 cm³/mol. The number of alkyl halides is 3. The molecule has 3 saturated heterocycles. The van der Waals surface area contributed by atoms with Crippen molar-refractivity contribution in [3.63, 3.8) is 0 Å². The van der Waals surface area contributed by atoms with Crippen LogP contribution in [0.5, 0.6) is 0 Å². The van der Waals surface area contributed by atoms with Crippen molar-refractivity contribution < 1.29 is 23.1 Å². The number of pyridine rings is 1. The maximum atomic E-state index is 14.8. The van der Waals surface area contributed by atoms with E-state index in [-0.39, 0.29) is 60.6 Å². The second-order valence-electron chi connectivity index (χ2n) is 9.11. The van der Waals surface area contributed by atoms with Gasteiger partial charge in [-0.2, -0.15) is 0 Å². The van der Waals surface area contributed by atoms with Crippen LogP contribution in [-0.2, 0) is 17.1 Å². The number of hydrogen-bond acceptors (Lipinski definition) is 4. The summed E-state index contributed by atoms with van der Waals surface area (Å²) in [7, 11) is 0. The molecule has 5 aliphatic rings. The summed E-state index contributed by atoms with van der Waals surface area (Å²) in [5, 5.41) is 9.13. The van der Waals surface area contributed by atoms with Gasteiger partial charge in [0.1, 0.15) is 17.8 Å². The van der Waals surface area contributed by atoms with Gasteiger partial charge in [-0.05, 0) is 43.1 Å². The van der Waals surface area contributed by atoms with E-state index in [0.717, 1.165) is 6.42 Å². The largest absolute Gasteiger partial charge is 0.481 e. The Kier molecular flexibility index (Phi) is 4.21. The number of anilines is 2. The van der Waals surface area contributed by atoms with Crippen molar-refractivity contribution in [3.8, 4) is 0 Å². The zero-order valence-corrected chi connectivity index (χ0v) is 16.6. The van der Waals surface area contributed by atoms with Gasteiger partial charge in [-0.3, -0.25) is 4.79 Å². The number of carboxylic acid groups (broad SMARTS) is 1. The maximum Gasteiger partial charge on any atom is 0.303 e. The molecule has 30 heavy (non-hydrogen) atoms. The third-order valence-corrected chi connectivity index (χ3v) is 7.49. The molecule has 1 aromatic rings. The van der Waals surface area contributed by atoms with Crippen molar-refractivity contribution in [3.05, 3.63) is 22.5 Å². The van der Waals surface area contributed by atoms with Crippen molar-refractivity contribution in [2.45, 2.75) is 50.7 Å². The molecule has 2 bridgehead atoms. The molecule has 3 aliphatic heterocycles. The molecule has 0 amide bonds. The van der Waals surface area contributed by atoms with Crippen molar-refractivity contribution >= 4 is 23.3 Å². The Labute approximate surface area is 172 Å². The highest BCUT2D eigenvalue weighted by Gasteiger charge is 2.51. The lowest BCUT2D eigenvalue weighted by atomic mass is 9.60. The summed E-state index contributed by atoms with van der Waals surface area (Å²) in [6.07, 6.45) is -0.183. The smallest absolute Gasteiger partial charge is 0.303 e. The first kappa shape index (κ1) is 19.5. The van der Waals surface area contributed by atoms with Gasteiger partial charge in [-0.1, -0.05) is 0 Å². The Morgan fingerprint density at radius 1 is 1.30 bits per heavy atom. The average Bonchev–Trinajstić information content (AvgIpc) is 3.04. The number of aliphatic carboxylic acids is 1. The van der Waals surface area contributed by atoms with Crippen LogP contribution in [0.25, 0.3) is 4.85 Å². The average molecular weight is 420 g/mol. The van der Waals surface area contributed by atoms with Gasteiger partial charge in [0.05, 0.1) is 19.2 Å².